The van der Waals surface area contributed by atoms with Gasteiger partial charge < -0.3 is 14.6 Å². The number of hydrogen-bond acceptors (Lipinski definition) is 4. The van der Waals surface area contributed by atoms with Crippen molar-refractivity contribution in [1.82, 2.24) is 19.4 Å². The molecule has 0 atom stereocenters. The highest BCUT2D eigenvalue weighted by atomic mass is 35.5. The van der Waals surface area contributed by atoms with Crippen LogP contribution in [0.1, 0.15) is 36.1 Å². The van der Waals surface area contributed by atoms with Crippen LogP contribution in [0.15, 0.2) is 36.5 Å². The van der Waals surface area contributed by atoms with E-state index in [1.807, 2.05) is 23.1 Å². The second kappa shape index (κ2) is 10.2. The Hall–Kier alpha value is -2.61. The number of aromatic nitrogens is 2. The van der Waals surface area contributed by atoms with Crippen LogP contribution < -0.4 is 0 Å². The minimum Gasteiger partial charge on any atom is -0.481 e. The lowest BCUT2D eigenvalue weighted by molar-refractivity contribution is -0.139. The van der Waals surface area contributed by atoms with Gasteiger partial charge in [0.25, 0.3) is 0 Å². The second-order valence-electron chi connectivity index (χ2n) is 9.55. The molecule has 7 nitrogen and oxygen atoms in total. The lowest BCUT2D eigenvalue weighted by atomic mass is 9.93. The van der Waals surface area contributed by atoms with E-state index in [1.54, 1.807) is 12.3 Å². The lowest BCUT2D eigenvalue weighted by Crippen LogP contribution is -2.45. The van der Waals surface area contributed by atoms with Gasteiger partial charge in [-0.05, 0) is 79.7 Å². The molecule has 0 spiro atoms. The number of hydrogen-bond donors (Lipinski definition) is 1. The van der Waals surface area contributed by atoms with Gasteiger partial charge in [-0.25, -0.2) is 4.98 Å². The highest BCUT2D eigenvalue weighted by Gasteiger charge is 2.29. The predicted molar refractivity (Wildman–Crippen MR) is 136 cm³/mol. The lowest BCUT2D eigenvalue weighted by Gasteiger charge is -2.34. The highest BCUT2D eigenvalue weighted by molar-refractivity contribution is 6.34. The summed E-state index contributed by atoms with van der Waals surface area (Å²) in [5.74, 6) is -0.420. The van der Waals surface area contributed by atoms with Crippen LogP contribution in [0, 0.1) is 5.92 Å². The quantitative estimate of drug-likeness (QED) is 0.525. The van der Waals surface area contributed by atoms with Gasteiger partial charge in [-0.3, -0.25) is 14.5 Å². The van der Waals surface area contributed by atoms with Crippen molar-refractivity contribution in [2.24, 2.45) is 5.92 Å². The van der Waals surface area contributed by atoms with Crippen molar-refractivity contribution in [2.45, 2.75) is 38.8 Å². The predicted octanol–water partition coefficient (Wildman–Crippen LogP) is 4.46. The van der Waals surface area contributed by atoms with Crippen LogP contribution in [-0.2, 0) is 29.1 Å². The first-order valence-corrected chi connectivity index (χ1v) is 12.7. The van der Waals surface area contributed by atoms with E-state index in [0.717, 1.165) is 54.6 Å². The van der Waals surface area contributed by atoms with Gasteiger partial charge in [-0.1, -0.05) is 23.2 Å². The number of amides is 1. The van der Waals surface area contributed by atoms with E-state index in [4.69, 9.17) is 28.3 Å². The number of fused-ring (bicyclic) bond motifs is 3. The first kappa shape index (κ1) is 24.1. The van der Waals surface area contributed by atoms with Crippen molar-refractivity contribution in [2.75, 3.05) is 26.2 Å². The summed E-state index contributed by atoms with van der Waals surface area (Å²) < 4.78 is 2.18. The fraction of sp³-hybridized carbons (Fsp3) is 0.423. The van der Waals surface area contributed by atoms with Crippen molar-refractivity contribution in [1.29, 1.82) is 0 Å². The Kier molecular flexibility index (Phi) is 7.00. The van der Waals surface area contributed by atoms with Crippen molar-refractivity contribution in [3.05, 3.63) is 63.4 Å². The van der Waals surface area contributed by atoms with E-state index in [9.17, 15) is 9.59 Å². The second-order valence-corrected chi connectivity index (χ2v) is 10.4. The maximum atomic E-state index is 13.2. The molecule has 1 fully saturated rings. The smallest absolute Gasteiger partial charge is 0.303 e. The normalized spacial score (nSPS) is 17.0. The summed E-state index contributed by atoms with van der Waals surface area (Å²) in [7, 11) is 0. The molecule has 184 valence electrons. The zero-order valence-corrected chi connectivity index (χ0v) is 20.9. The number of halogens is 2. The SMILES string of the molecule is O=C(O)CC1CCN(CC(=O)N2CCc3c(n(Cc4cc(Cl)cc(Cl)c4)c4ncccc34)C2)CC1. The highest BCUT2D eigenvalue weighted by Crippen LogP contribution is 2.31. The molecular formula is C26H28Cl2N4O3. The molecule has 5 rings (SSSR count). The fourth-order valence-corrected chi connectivity index (χ4v) is 5.99. The maximum absolute atomic E-state index is 13.2. The summed E-state index contributed by atoms with van der Waals surface area (Å²) in [5, 5.41) is 11.3. The topological polar surface area (TPSA) is 78.7 Å². The molecule has 0 saturated carbocycles. The van der Waals surface area contributed by atoms with E-state index in [2.05, 4.69) is 20.5 Å². The largest absolute Gasteiger partial charge is 0.481 e. The number of rotatable bonds is 6. The zero-order chi connectivity index (χ0) is 24.5. The summed E-state index contributed by atoms with van der Waals surface area (Å²) in [4.78, 5) is 33.0. The van der Waals surface area contributed by atoms with Crippen molar-refractivity contribution in [3.63, 3.8) is 0 Å². The Bertz CT molecular complexity index is 1250. The molecule has 2 aliphatic rings. The standard InChI is InChI=1S/C26H28Cl2N4O3/c27-19-10-18(11-20(28)13-19)14-32-23-15-31(9-5-21(23)22-2-1-6-29-26(22)32)24(33)16-30-7-3-17(4-8-30)12-25(34)35/h1-2,6,10-11,13,17H,3-5,7-9,12,14-16H2,(H,34,35). The van der Waals surface area contributed by atoms with Crippen LogP contribution in [0.25, 0.3) is 11.0 Å². The third-order valence-electron chi connectivity index (χ3n) is 7.16. The van der Waals surface area contributed by atoms with Gasteiger partial charge in [-0.15, -0.1) is 0 Å². The summed E-state index contributed by atoms with van der Waals surface area (Å²) in [6, 6.07) is 9.59. The van der Waals surface area contributed by atoms with E-state index >= 15 is 0 Å². The number of piperidine rings is 1. The first-order chi connectivity index (χ1) is 16.9. The molecular weight excluding hydrogens is 487 g/mol. The number of carboxylic acids is 1. The molecule has 1 N–H and O–H groups in total. The zero-order valence-electron chi connectivity index (χ0n) is 19.4. The van der Waals surface area contributed by atoms with Gasteiger partial charge >= 0.3 is 5.97 Å². The number of likely N-dealkylation sites (tertiary alicyclic amines) is 1. The van der Waals surface area contributed by atoms with E-state index in [-0.39, 0.29) is 18.2 Å². The Morgan fingerprint density at radius 1 is 1.09 bits per heavy atom. The molecule has 1 saturated heterocycles. The van der Waals surface area contributed by atoms with E-state index in [1.165, 1.54) is 5.56 Å². The molecule has 0 bridgehead atoms. The van der Waals surface area contributed by atoms with Crippen LogP contribution in [-0.4, -0.2) is 62.5 Å². The molecule has 35 heavy (non-hydrogen) atoms. The Labute approximate surface area is 214 Å². The van der Waals surface area contributed by atoms with Gasteiger partial charge in [0.05, 0.1) is 13.1 Å². The van der Waals surface area contributed by atoms with E-state index in [0.29, 0.717) is 36.2 Å². The molecule has 0 aliphatic carbocycles. The van der Waals surface area contributed by atoms with Gasteiger partial charge in [-0.2, -0.15) is 0 Å². The number of pyridine rings is 1. The van der Waals surface area contributed by atoms with Crippen molar-refractivity contribution in [3.8, 4) is 0 Å². The number of carboxylic acid groups (broad SMARTS) is 1. The van der Waals surface area contributed by atoms with Crippen LogP contribution in [0.5, 0.6) is 0 Å². The Morgan fingerprint density at radius 2 is 1.83 bits per heavy atom. The number of aliphatic carboxylic acids is 1. The fourth-order valence-electron chi connectivity index (χ4n) is 5.42. The third kappa shape index (κ3) is 5.32. The minimum atomic E-state index is -0.742. The molecule has 1 amide bonds. The number of carbonyl (C=O) groups excluding carboxylic acids is 1. The Balaban J connectivity index is 1.33. The minimum absolute atomic E-state index is 0.114. The summed E-state index contributed by atoms with van der Waals surface area (Å²) in [5.41, 5.74) is 4.25. The monoisotopic (exact) mass is 514 g/mol. The van der Waals surface area contributed by atoms with Crippen LogP contribution in [0.2, 0.25) is 10.0 Å². The van der Waals surface area contributed by atoms with Crippen LogP contribution in [0.3, 0.4) is 0 Å². The first-order valence-electron chi connectivity index (χ1n) is 12.0. The molecule has 4 heterocycles. The van der Waals surface area contributed by atoms with Crippen molar-refractivity contribution >= 4 is 46.1 Å². The Morgan fingerprint density at radius 3 is 2.54 bits per heavy atom. The molecule has 2 aromatic heterocycles. The average Bonchev–Trinajstić information content (AvgIpc) is 3.12. The van der Waals surface area contributed by atoms with Crippen LogP contribution in [0.4, 0.5) is 0 Å². The van der Waals surface area contributed by atoms with Gasteiger partial charge in [0, 0.05) is 46.8 Å². The molecule has 9 heteroatoms. The van der Waals surface area contributed by atoms with E-state index < -0.39 is 5.97 Å². The summed E-state index contributed by atoms with van der Waals surface area (Å²) in [6.07, 6.45) is 4.45. The maximum Gasteiger partial charge on any atom is 0.303 e. The van der Waals surface area contributed by atoms with Crippen molar-refractivity contribution < 1.29 is 14.7 Å². The number of benzene rings is 1. The molecule has 3 aromatic rings. The summed E-state index contributed by atoms with van der Waals surface area (Å²) in [6.45, 7) is 3.69. The van der Waals surface area contributed by atoms with Crippen LogP contribution >= 0.6 is 23.2 Å². The average molecular weight is 515 g/mol. The number of nitrogens with zero attached hydrogens (tertiary/aromatic N) is 4. The molecule has 2 aliphatic heterocycles. The summed E-state index contributed by atoms with van der Waals surface area (Å²) >= 11 is 12.5. The number of carbonyl (C=O) groups is 2. The molecule has 0 radical (unpaired) electrons. The molecule has 0 unspecified atom stereocenters. The van der Waals surface area contributed by atoms with Gasteiger partial charge in [0.1, 0.15) is 5.65 Å². The van der Waals surface area contributed by atoms with Gasteiger partial charge in [0.15, 0.2) is 0 Å². The van der Waals surface area contributed by atoms with Gasteiger partial charge in [0.2, 0.25) is 5.91 Å². The third-order valence-corrected chi connectivity index (χ3v) is 7.60. The molecule has 1 aromatic carbocycles.